The number of amides is 1. The fraction of sp³-hybridized carbons (Fsp3) is 0.350. The van der Waals surface area contributed by atoms with E-state index in [1.165, 1.54) is 12.5 Å². The average molecular weight is 375 g/mol. The van der Waals surface area contributed by atoms with Gasteiger partial charge in [0.15, 0.2) is 0 Å². The lowest BCUT2D eigenvalue weighted by Gasteiger charge is -2.21. The van der Waals surface area contributed by atoms with Crippen LogP contribution in [0.3, 0.4) is 0 Å². The standard InChI is InChI=1S/C20H26N2O3S/c1-4-17-6-10-19(11-7-17)22(16(3)23)15-14-21-26(24,25)20-12-8-18(5-2)9-13-20/h6-13,21H,4-5,14-15H2,1-3H3. The van der Waals surface area contributed by atoms with Gasteiger partial charge in [-0.25, -0.2) is 13.1 Å². The molecule has 0 aliphatic heterocycles. The SMILES string of the molecule is CCc1ccc(N(CCNS(=O)(=O)c2ccc(CC)cc2)C(C)=O)cc1. The number of hydrogen-bond acceptors (Lipinski definition) is 3. The first kappa shape index (κ1) is 20.1. The van der Waals surface area contributed by atoms with Crippen molar-refractivity contribution >= 4 is 21.6 Å². The van der Waals surface area contributed by atoms with Gasteiger partial charge in [0.25, 0.3) is 0 Å². The zero-order chi connectivity index (χ0) is 19.2. The number of hydrogen-bond donors (Lipinski definition) is 1. The molecule has 2 aromatic rings. The summed E-state index contributed by atoms with van der Waals surface area (Å²) in [6.45, 7) is 5.98. The van der Waals surface area contributed by atoms with Gasteiger partial charge in [-0.15, -0.1) is 0 Å². The van der Waals surface area contributed by atoms with E-state index in [0.29, 0.717) is 0 Å². The number of carbonyl (C=O) groups excluding carboxylic acids is 1. The van der Waals surface area contributed by atoms with Gasteiger partial charge < -0.3 is 4.90 Å². The predicted octanol–water partition coefficient (Wildman–Crippen LogP) is 3.14. The molecule has 0 heterocycles. The predicted molar refractivity (Wildman–Crippen MR) is 105 cm³/mol. The Morgan fingerprint density at radius 3 is 1.88 bits per heavy atom. The molecule has 1 N–H and O–H groups in total. The number of carbonyl (C=O) groups is 1. The average Bonchev–Trinajstić information content (AvgIpc) is 2.65. The van der Waals surface area contributed by atoms with Crippen molar-refractivity contribution in [2.24, 2.45) is 0 Å². The van der Waals surface area contributed by atoms with Crippen LogP contribution in [0.25, 0.3) is 0 Å². The molecular weight excluding hydrogens is 348 g/mol. The van der Waals surface area contributed by atoms with E-state index >= 15 is 0 Å². The topological polar surface area (TPSA) is 66.5 Å². The normalized spacial score (nSPS) is 11.3. The number of benzene rings is 2. The van der Waals surface area contributed by atoms with Gasteiger partial charge >= 0.3 is 0 Å². The molecule has 0 radical (unpaired) electrons. The van der Waals surface area contributed by atoms with Crippen molar-refractivity contribution < 1.29 is 13.2 Å². The molecule has 0 fully saturated rings. The smallest absolute Gasteiger partial charge is 0.240 e. The number of aryl methyl sites for hydroxylation is 2. The maximum atomic E-state index is 12.4. The van der Waals surface area contributed by atoms with Crippen molar-refractivity contribution in [2.75, 3.05) is 18.0 Å². The van der Waals surface area contributed by atoms with E-state index in [1.54, 1.807) is 17.0 Å². The van der Waals surface area contributed by atoms with Gasteiger partial charge in [0, 0.05) is 25.7 Å². The lowest BCUT2D eigenvalue weighted by atomic mass is 10.1. The van der Waals surface area contributed by atoms with Crippen molar-refractivity contribution in [3.8, 4) is 0 Å². The highest BCUT2D eigenvalue weighted by Crippen LogP contribution is 2.16. The summed E-state index contributed by atoms with van der Waals surface area (Å²) >= 11 is 0. The van der Waals surface area contributed by atoms with E-state index in [-0.39, 0.29) is 23.9 Å². The minimum atomic E-state index is -3.59. The van der Waals surface area contributed by atoms with E-state index in [2.05, 4.69) is 11.6 Å². The first-order valence-corrected chi connectivity index (χ1v) is 10.3. The molecule has 6 heteroatoms. The van der Waals surface area contributed by atoms with Crippen molar-refractivity contribution in [3.63, 3.8) is 0 Å². The minimum absolute atomic E-state index is 0.124. The van der Waals surface area contributed by atoms with Crippen LogP contribution in [0.15, 0.2) is 53.4 Å². The Morgan fingerprint density at radius 1 is 0.923 bits per heavy atom. The number of nitrogens with one attached hydrogen (secondary N) is 1. The highest BCUT2D eigenvalue weighted by molar-refractivity contribution is 7.89. The fourth-order valence-electron chi connectivity index (χ4n) is 2.66. The zero-order valence-corrected chi connectivity index (χ0v) is 16.3. The molecule has 0 spiro atoms. The number of sulfonamides is 1. The minimum Gasteiger partial charge on any atom is -0.311 e. The molecule has 0 atom stereocenters. The summed E-state index contributed by atoms with van der Waals surface area (Å²) in [7, 11) is -3.59. The molecule has 26 heavy (non-hydrogen) atoms. The molecule has 0 saturated heterocycles. The fourth-order valence-corrected chi connectivity index (χ4v) is 3.68. The van der Waals surface area contributed by atoms with Gasteiger partial charge in [0.2, 0.25) is 15.9 Å². The number of nitrogens with zero attached hydrogens (tertiary/aromatic N) is 1. The van der Waals surface area contributed by atoms with E-state index in [0.717, 1.165) is 24.1 Å². The Labute approximate surface area is 156 Å². The lowest BCUT2D eigenvalue weighted by molar-refractivity contribution is -0.116. The molecule has 2 aromatic carbocycles. The highest BCUT2D eigenvalue weighted by atomic mass is 32.2. The lowest BCUT2D eigenvalue weighted by Crippen LogP contribution is -2.37. The second-order valence-corrected chi connectivity index (χ2v) is 7.85. The Hall–Kier alpha value is -2.18. The van der Waals surface area contributed by atoms with Crippen LogP contribution in [0.5, 0.6) is 0 Å². The van der Waals surface area contributed by atoms with Gasteiger partial charge in [0.1, 0.15) is 0 Å². The summed E-state index contributed by atoms with van der Waals surface area (Å²) in [6, 6.07) is 14.6. The Bertz CT molecular complexity index is 828. The first-order valence-electron chi connectivity index (χ1n) is 8.83. The molecule has 140 valence electrons. The molecule has 0 bridgehead atoms. The molecular formula is C20H26N2O3S. The summed E-state index contributed by atoms with van der Waals surface area (Å²) in [5.74, 6) is -0.124. The molecule has 0 aliphatic carbocycles. The molecule has 1 amide bonds. The molecule has 0 aromatic heterocycles. The summed E-state index contributed by atoms with van der Waals surface area (Å²) in [5.41, 5.74) is 3.04. The Kier molecular flexibility index (Phi) is 6.94. The summed E-state index contributed by atoms with van der Waals surface area (Å²) < 4.78 is 27.3. The van der Waals surface area contributed by atoms with Crippen LogP contribution in [-0.4, -0.2) is 27.4 Å². The molecule has 2 rings (SSSR count). The third kappa shape index (κ3) is 5.16. The van der Waals surface area contributed by atoms with Crippen LogP contribution in [0.1, 0.15) is 31.9 Å². The van der Waals surface area contributed by atoms with Crippen molar-refractivity contribution in [1.82, 2.24) is 4.72 Å². The maximum Gasteiger partial charge on any atom is 0.240 e. The summed E-state index contributed by atoms with van der Waals surface area (Å²) in [5, 5.41) is 0. The number of anilines is 1. The van der Waals surface area contributed by atoms with Crippen molar-refractivity contribution in [3.05, 3.63) is 59.7 Å². The third-order valence-corrected chi connectivity index (χ3v) is 5.78. The van der Waals surface area contributed by atoms with Crippen LogP contribution in [0.4, 0.5) is 5.69 Å². The first-order chi connectivity index (χ1) is 12.4. The van der Waals surface area contributed by atoms with Gasteiger partial charge in [-0.3, -0.25) is 4.79 Å². The zero-order valence-electron chi connectivity index (χ0n) is 15.5. The van der Waals surface area contributed by atoms with Crippen molar-refractivity contribution in [1.29, 1.82) is 0 Å². The highest BCUT2D eigenvalue weighted by Gasteiger charge is 2.16. The molecule has 0 unspecified atom stereocenters. The van der Waals surface area contributed by atoms with E-state index < -0.39 is 10.0 Å². The Morgan fingerprint density at radius 2 is 1.42 bits per heavy atom. The van der Waals surface area contributed by atoms with Crippen LogP contribution in [0.2, 0.25) is 0 Å². The van der Waals surface area contributed by atoms with Gasteiger partial charge in [-0.1, -0.05) is 38.1 Å². The maximum absolute atomic E-state index is 12.4. The van der Waals surface area contributed by atoms with Gasteiger partial charge in [-0.05, 0) is 48.2 Å². The van der Waals surface area contributed by atoms with E-state index in [9.17, 15) is 13.2 Å². The summed E-state index contributed by atoms with van der Waals surface area (Å²) in [6.07, 6.45) is 1.79. The Balaban J connectivity index is 2.03. The monoisotopic (exact) mass is 374 g/mol. The second kappa shape index (κ2) is 8.96. The van der Waals surface area contributed by atoms with Crippen molar-refractivity contribution in [2.45, 2.75) is 38.5 Å². The second-order valence-electron chi connectivity index (χ2n) is 6.09. The molecule has 0 aliphatic rings. The van der Waals surface area contributed by atoms with Crippen LogP contribution < -0.4 is 9.62 Å². The van der Waals surface area contributed by atoms with Crippen LogP contribution >= 0.6 is 0 Å². The van der Waals surface area contributed by atoms with Gasteiger partial charge in [0.05, 0.1) is 4.90 Å². The van der Waals surface area contributed by atoms with Gasteiger partial charge in [-0.2, -0.15) is 0 Å². The van der Waals surface area contributed by atoms with Crippen LogP contribution in [0, 0.1) is 0 Å². The van der Waals surface area contributed by atoms with E-state index in [4.69, 9.17) is 0 Å². The molecule has 5 nitrogen and oxygen atoms in total. The van der Waals surface area contributed by atoms with Crippen LogP contribution in [-0.2, 0) is 27.7 Å². The molecule has 0 saturated carbocycles. The summed E-state index contributed by atoms with van der Waals surface area (Å²) in [4.78, 5) is 13.7. The third-order valence-electron chi connectivity index (χ3n) is 4.31. The van der Waals surface area contributed by atoms with E-state index in [1.807, 2.05) is 43.3 Å². The largest absolute Gasteiger partial charge is 0.311 e. The quantitative estimate of drug-likeness (QED) is 0.772. The number of rotatable bonds is 8.